The van der Waals surface area contributed by atoms with Crippen molar-refractivity contribution in [3.63, 3.8) is 0 Å². The molecule has 176 valence electrons. The summed E-state index contributed by atoms with van der Waals surface area (Å²) in [6.07, 6.45) is -0.244. The molecule has 1 heterocycles. The fourth-order valence-corrected chi connectivity index (χ4v) is 2.97. The topological polar surface area (TPSA) is 177 Å². The summed E-state index contributed by atoms with van der Waals surface area (Å²) in [5.41, 5.74) is 6.82. The highest BCUT2D eigenvalue weighted by molar-refractivity contribution is 5.97. The summed E-state index contributed by atoms with van der Waals surface area (Å²) in [7, 11) is 0. The maximum absolute atomic E-state index is 12.3. The first-order valence-electron chi connectivity index (χ1n) is 9.91. The Morgan fingerprint density at radius 1 is 0.971 bits per heavy atom. The summed E-state index contributed by atoms with van der Waals surface area (Å²) in [5, 5.41) is 11.6. The molecule has 1 saturated heterocycles. The molecule has 2 aromatic carbocycles. The summed E-state index contributed by atoms with van der Waals surface area (Å²) in [6, 6.07) is 12.9. The molecule has 0 aliphatic carbocycles. The van der Waals surface area contributed by atoms with Gasteiger partial charge in [-0.1, -0.05) is 18.2 Å². The van der Waals surface area contributed by atoms with E-state index in [9.17, 15) is 34.1 Å². The minimum absolute atomic E-state index is 0.0821. The Morgan fingerprint density at radius 2 is 1.62 bits per heavy atom. The molecule has 1 aliphatic rings. The van der Waals surface area contributed by atoms with E-state index in [1.807, 2.05) is 0 Å². The lowest BCUT2D eigenvalue weighted by molar-refractivity contribution is -0.384. The van der Waals surface area contributed by atoms with E-state index in [1.165, 1.54) is 12.1 Å². The molecule has 0 aromatic heterocycles. The molecule has 13 nitrogen and oxygen atoms in total. The van der Waals surface area contributed by atoms with E-state index in [0.29, 0.717) is 5.56 Å². The molecule has 0 unspecified atom stereocenters. The van der Waals surface area contributed by atoms with Crippen molar-refractivity contribution in [2.24, 2.45) is 5.92 Å². The maximum Gasteiger partial charge on any atom is 0.311 e. The van der Waals surface area contributed by atoms with Gasteiger partial charge < -0.3 is 4.74 Å². The smallest absolute Gasteiger partial charge is 0.311 e. The number of non-ortho nitro benzene ring substituents is 1. The van der Waals surface area contributed by atoms with Gasteiger partial charge in [-0.3, -0.25) is 55.4 Å². The summed E-state index contributed by atoms with van der Waals surface area (Å²) in [6.45, 7) is -0.865. The molecule has 4 amide bonds. The van der Waals surface area contributed by atoms with Gasteiger partial charge in [-0.05, 0) is 24.3 Å². The van der Waals surface area contributed by atoms with Gasteiger partial charge in [0.2, 0.25) is 5.91 Å². The number of hydrogen-bond acceptors (Lipinski definition) is 8. The number of nitrogens with one attached hydrogen (secondary N) is 3. The van der Waals surface area contributed by atoms with Crippen LogP contribution < -0.4 is 16.3 Å². The Morgan fingerprint density at radius 3 is 2.26 bits per heavy atom. The molecular weight excluding hydrogens is 450 g/mol. The number of hydrogen-bond donors (Lipinski definition) is 3. The number of benzene rings is 2. The van der Waals surface area contributed by atoms with Crippen LogP contribution in [0.2, 0.25) is 0 Å². The first kappa shape index (κ1) is 23.8. The van der Waals surface area contributed by atoms with Gasteiger partial charge in [-0.2, -0.15) is 0 Å². The van der Waals surface area contributed by atoms with Gasteiger partial charge in [0, 0.05) is 29.7 Å². The standard InChI is InChI=1S/C21H19N5O8/c27-17(22-23-19(29)13-4-2-1-3-5-13)12-34-21(31)15-10-18(28)25(11-15)24-20(30)14-6-8-16(9-7-14)26(32)33/h1-9,15H,10-12H2,(H,22,27)(H,23,29)(H,24,30)/t15-/m0/s1. The molecular formula is C21H19N5O8. The third-order valence-electron chi connectivity index (χ3n) is 4.73. The number of rotatable bonds is 7. The van der Waals surface area contributed by atoms with E-state index in [1.54, 1.807) is 30.3 Å². The summed E-state index contributed by atoms with van der Waals surface area (Å²) in [4.78, 5) is 70.4. The van der Waals surface area contributed by atoms with Crippen molar-refractivity contribution in [2.45, 2.75) is 6.42 Å². The molecule has 13 heteroatoms. The average Bonchev–Trinajstić information content (AvgIpc) is 3.21. The lowest BCUT2D eigenvalue weighted by Gasteiger charge is -2.17. The van der Waals surface area contributed by atoms with Gasteiger partial charge >= 0.3 is 5.97 Å². The Balaban J connectivity index is 1.43. The molecule has 0 saturated carbocycles. The van der Waals surface area contributed by atoms with Crippen LogP contribution in [0.1, 0.15) is 27.1 Å². The van der Waals surface area contributed by atoms with Gasteiger partial charge in [0.05, 0.1) is 17.4 Å². The van der Waals surface area contributed by atoms with Crippen molar-refractivity contribution in [1.82, 2.24) is 21.3 Å². The Hall–Kier alpha value is -4.81. The lowest BCUT2D eigenvalue weighted by atomic mass is 10.1. The van der Waals surface area contributed by atoms with Crippen LogP contribution in [0.25, 0.3) is 0 Å². The van der Waals surface area contributed by atoms with Crippen molar-refractivity contribution < 1.29 is 33.6 Å². The zero-order chi connectivity index (χ0) is 24.7. The van der Waals surface area contributed by atoms with Crippen molar-refractivity contribution in [3.05, 3.63) is 75.8 Å². The SMILES string of the molecule is O=C(COC(=O)[C@H]1CC(=O)N(NC(=O)c2ccc([N+](=O)[O-])cc2)C1)NNC(=O)c1ccccc1. The molecule has 0 radical (unpaired) electrons. The van der Waals surface area contributed by atoms with Crippen LogP contribution in [-0.2, 0) is 19.1 Å². The molecule has 2 aromatic rings. The zero-order valence-corrected chi connectivity index (χ0v) is 17.6. The second-order valence-corrected chi connectivity index (χ2v) is 7.13. The second kappa shape index (κ2) is 10.7. The Labute approximate surface area is 192 Å². The van der Waals surface area contributed by atoms with Crippen molar-refractivity contribution in [2.75, 3.05) is 13.2 Å². The number of ether oxygens (including phenoxy) is 1. The van der Waals surface area contributed by atoms with Gasteiger partial charge in [0.1, 0.15) is 0 Å². The average molecular weight is 469 g/mol. The molecule has 0 spiro atoms. The molecule has 1 fully saturated rings. The molecule has 3 rings (SSSR count). The summed E-state index contributed by atoms with van der Waals surface area (Å²) >= 11 is 0. The molecule has 3 N–H and O–H groups in total. The Bertz CT molecular complexity index is 1120. The zero-order valence-electron chi connectivity index (χ0n) is 17.6. The van der Waals surface area contributed by atoms with Gasteiger partial charge in [-0.15, -0.1) is 0 Å². The van der Waals surface area contributed by atoms with E-state index < -0.39 is 47.0 Å². The Kier molecular flexibility index (Phi) is 7.48. The minimum Gasteiger partial charge on any atom is -0.455 e. The number of hydrazine groups is 2. The summed E-state index contributed by atoms with van der Waals surface area (Å²) < 4.78 is 4.89. The highest BCUT2D eigenvalue weighted by Crippen LogP contribution is 2.18. The van der Waals surface area contributed by atoms with Crippen LogP contribution in [0.4, 0.5) is 5.69 Å². The molecule has 1 atom stereocenters. The first-order valence-corrected chi connectivity index (χ1v) is 9.91. The van der Waals surface area contributed by atoms with Crippen LogP contribution in [0.3, 0.4) is 0 Å². The van der Waals surface area contributed by atoms with E-state index >= 15 is 0 Å². The highest BCUT2D eigenvalue weighted by atomic mass is 16.6. The fraction of sp³-hybridized carbons (Fsp3) is 0.190. The van der Waals surface area contributed by atoms with E-state index in [-0.39, 0.29) is 24.2 Å². The molecule has 1 aliphatic heterocycles. The minimum atomic E-state index is -0.920. The number of nitro groups is 1. The van der Waals surface area contributed by atoms with Gasteiger partial charge in [-0.25, -0.2) is 0 Å². The van der Waals surface area contributed by atoms with Gasteiger partial charge in [0.25, 0.3) is 23.4 Å². The predicted molar refractivity (Wildman–Crippen MR) is 113 cm³/mol. The number of nitrogens with zero attached hydrogens (tertiary/aromatic N) is 2. The van der Waals surface area contributed by atoms with E-state index in [0.717, 1.165) is 17.1 Å². The fourth-order valence-electron chi connectivity index (χ4n) is 2.97. The van der Waals surface area contributed by atoms with Crippen LogP contribution in [0.15, 0.2) is 54.6 Å². The highest BCUT2D eigenvalue weighted by Gasteiger charge is 2.36. The monoisotopic (exact) mass is 469 g/mol. The third kappa shape index (κ3) is 6.12. The number of esters is 1. The largest absolute Gasteiger partial charge is 0.455 e. The molecule has 0 bridgehead atoms. The number of carbonyl (C=O) groups excluding carboxylic acids is 5. The van der Waals surface area contributed by atoms with Gasteiger partial charge in [0.15, 0.2) is 6.61 Å². The number of amides is 4. The van der Waals surface area contributed by atoms with Crippen LogP contribution >= 0.6 is 0 Å². The lowest BCUT2D eigenvalue weighted by Crippen LogP contribution is -2.44. The van der Waals surface area contributed by atoms with E-state index in [4.69, 9.17) is 4.74 Å². The van der Waals surface area contributed by atoms with Crippen molar-refractivity contribution >= 4 is 35.3 Å². The normalized spacial score (nSPS) is 14.8. The maximum atomic E-state index is 12.3. The quantitative estimate of drug-likeness (QED) is 0.290. The van der Waals surface area contributed by atoms with Crippen molar-refractivity contribution in [1.29, 1.82) is 0 Å². The van der Waals surface area contributed by atoms with Crippen LogP contribution in [-0.4, -0.2) is 52.7 Å². The second-order valence-electron chi connectivity index (χ2n) is 7.13. The number of nitro benzene ring substituents is 1. The molecule has 34 heavy (non-hydrogen) atoms. The summed E-state index contributed by atoms with van der Waals surface area (Å²) in [5.74, 6) is -4.32. The van der Waals surface area contributed by atoms with E-state index in [2.05, 4.69) is 16.3 Å². The van der Waals surface area contributed by atoms with Crippen LogP contribution in [0, 0.1) is 16.0 Å². The third-order valence-corrected chi connectivity index (χ3v) is 4.73. The number of carbonyl (C=O) groups is 5. The first-order chi connectivity index (χ1) is 16.2. The van der Waals surface area contributed by atoms with Crippen molar-refractivity contribution in [3.8, 4) is 0 Å². The predicted octanol–water partition coefficient (Wildman–Crippen LogP) is 0.0925. The van der Waals surface area contributed by atoms with Crippen LogP contribution in [0.5, 0.6) is 0 Å².